The molecule has 1 fully saturated rings. The summed E-state index contributed by atoms with van der Waals surface area (Å²) in [7, 11) is 1.59. The Bertz CT molecular complexity index is 1190. The number of rotatable bonds is 7. The summed E-state index contributed by atoms with van der Waals surface area (Å²) in [5, 5.41) is 9.55. The van der Waals surface area contributed by atoms with E-state index in [1.165, 1.54) is 0 Å². The monoisotopic (exact) mass is 458 g/mol. The van der Waals surface area contributed by atoms with Crippen molar-refractivity contribution in [2.45, 2.75) is 6.92 Å². The summed E-state index contributed by atoms with van der Waals surface area (Å²) in [6.07, 6.45) is 3.61. The number of amides is 1. The second-order valence-electron chi connectivity index (χ2n) is 7.66. The van der Waals surface area contributed by atoms with Crippen LogP contribution in [0.25, 0.3) is 12.2 Å². The van der Waals surface area contributed by atoms with Crippen molar-refractivity contribution < 1.29 is 18.7 Å². The topological polar surface area (TPSA) is 91.8 Å². The second-order valence-corrected chi connectivity index (χ2v) is 7.66. The van der Waals surface area contributed by atoms with Gasteiger partial charge in [0.05, 0.1) is 13.7 Å². The van der Waals surface area contributed by atoms with Crippen LogP contribution in [0.3, 0.4) is 0 Å². The van der Waals surface area contributed by atoms with Crippen molar-refractivity contribution in [3.63, 3.8) is 0 Å². The molecule has 0 atom stereocenters. The number of anilines is 1. The molecule has 2 aromatic carbocycles. The van der Waals surface area contributed by atoms with Crippen molar-refractivity contribution in [2.75, 3.05) is 44.8 Å². The lowest BCUT2D eigenvalue weighted by Gasteiger charge is -2.34. The minimum absolute atomic E-state index is 0.0284. The van der Waals surface area contributed by atoms with Gasteiger partial charge in [0.15, 0.2) is 0 Å². The Hall–Kier alpha value is -4.25. The van der Waals surface area contributed by atoms with Crippen molar-refractivity contribution in [3.05, 3.63) is 71.2 Å². The van der Waals surface area contributed by atoms with E-state index >= 15 is 0 Å². The number of aromatic nitrogens is 1. The van der Waals surface area contributed by atoms with Crippen LogP contribution in [0, 0.1) is 11.3 Å². The van der Waals surface area contributed by atoms with E-state index < -0.39 is 0 Å². The number of hydrogen-bond donors (Lipinski definition) is 0. The van der Waals surface area contributed by atoms with Crippen LogP contribution in [-0.4, -0.2) is 55.7 Å². The predicted molar refractivity (Wildman–Crippen MR) is 129 cm³/mol. The number of hydrogen-bond acceptors (Lipinski definition) is 7. The first-order chi connectivity index (χ1) is 16.6. The molecule has 0 N–H and O–H groups in total. The standard InChI is InChI=1S/C26H26N4O4/c1-3-33-22-9-4-19(5-10-22)6-13-24-28-23(18-27)26(34-24)30-16-14-29(15-17-30)25(31)20-7-11-21(32-2)12-8-20/h4-13H,3,14-17H2,1-2H3/b13-6+. The van der Waals surface area contributed by atoms with Gasteiger partial charge < -0.3 is 23.7 Å². The highest BCUT2D eigenvalue weighted by molar-refractivity contribution is 5.94. The number of carbonyl (C=O) groups excluding carboxylic acids is 1. The molecule has 2 heterocycles. The van der Waals surface area contributed by atoms with Crippen LogP contribution in [0.1, 0.15) is 34.4 Å². The van der Waals surface area contributed by atoms with E-state index in [0.29, 0.717) is 55.9 Å². The molecule has 34 heavy (non-hydrogen) atoms. The van der Waals surface area contributed by atoms with Crippen LogP contribution < -0.4 is 14.4 Å². The van der Waals surface area contributed by atoms with E-state index in [2.05, 4.69) is 11.1 Å². The maximum Gasteiger partial charge on any atom is 0.253 e. The van der Waals surface area contributed by atoms with E-state index in [1.54, 1.807) is 42.4 Å². The van der Waals surface area contributed by atoms with Crippen molar-refractivity contribution in [1.82, 2.24) is 9.88 Å². The highest BCUT2D eigenvalue weighted by atomic mass is 16.5. The van der Waals surface area contributed by atoms with Gasteiger partial charge in [-0.05, 0) is 55.0 Å². The summed E-state index contributed by atoms with van der Waals surface area (Å²) in [4.78, 5) is 20.9. The fourth-order valence-corrected chi connectivity index (χ4v) is 3.72. The molecule has 0 spiro atoms. The van der Waals surface area contributed by atoms with Gasteiger partial charge in [-0.1, -0.05) is 12.1 Å². The normalized spacial score (nSPS) is 13.7. The summed E-state index contributed by atoms with van der Waals surface area (Å²) in [6, 6.07) is 16.9. The van der Waals surface area contributed by atoms with Crippen LogP contribution in [0.15, 0.2) is 52.9 Å². The van der Waals surface area contributed by atoms with E-state index in [1.807, 2.05) is 42.2 Å². The van der Waals surface area contributed by atoms with E-state index in [0.717, 1.165) is 11.3 Å². The first kappa shape index (κ1) is 22.9. The lowest BCUT2D eigenvalue weighted by molar-refractivity contribution is 0.0745. The molecule has 174 valence electrons. The van der Waals surface area contributed by atoms with Gasteiger partial charge >= 0.3 is 0 Å². The molecule has 3 aromatic rings. The molecule has 1 aliphatic rings. The molecule has 4 rings (SSSR count). The molecule has 0 bridgehead atoms. The van der Waals surface area contributed by atoms with Crippen molar-refractivity contribution in [1.29, 1.82) is 5.26 Å². The molecule has 0 saturated carbocycles. The zero-order valence-corrected chi connectivity index (χ0v) is 19.2. The van der Waals surface area contributed by atoms with Crippen molar-refractivity contribution in [3.8, 4) is 17.6 Å². The molecular formula is C26H26N4O4. The molecular weight excluding hydrogens is 432 g/mol. The molecule has 0 radical (unpaired) electrons. The Morgan fingerprint density at radius 3 is 2.35 bits per heavy atom. The van der Waals surface area contributed by atoms with E-state index in [4.69, 9.17) is 13.9 Å². The Labute approximate surface area is 198 Å². The lowest BCUT2D eigenvalue weighted by atomic mass is 10.1. The highest BCUT2D eigenvalue weighted by Gasteiger charge is 2.26. The average Bonchev–Trinajstić information content (AvgIpc) is 3.31. The summed E-state index contributed by atoms with van der Waals surface area (Å²) in [5.41, 5.74) is 1.82. The van der Waals surface area contributed by atoms with Gasteiger partial charge in [0.25, 0.3) is 5.91 Å². The minimum atomic E-state index is -0.0284. The number of methoxy groups -OCH3 is 1. The second kappa shape index (κ2) is 10.6. The molecule has 1 saturated heterocycles. The predicted octanol–water partition coefficient (Wildman–Crippen LogP) is 4.09. The number of nitriles is 1. The third-order valence-electron chi connectivity index (χ3n) is 5.53. The van der Waals surface area contributed by atoms with E-state index in [9.17, 15) is 10.1 Å². The Balaban J connectivity index is 1.40. The Morgan fingerprint density at radius 2 is 1.74 bits per heavy atom. The summed E-state index contributed by atoms with van der Waals surface area (Å²) in [5.74, 6) is 2.29. The van der Waals surface area contributed by atoms with Crippen LogP contribution in [0.5, 0.6) is 11.5 Å². The number of oxazole rings is 1. The molecule has 8 heteroatoms. The molecule has 1 aliphatic heterocycles. The average molecular weight is 459 g/mol. The number of nitrogens with zero attached hydrogens (tertiary/aromatic N) is 4. The first-order valence-corrected chi connectivity index (χ1v) is 11.1. The molecule has 1 aromatic heterocycles. The zero-order chi connectivity index (χ0) is 23.9. The van der Waals surface area contributed by atoms with Crippen LogP contribution in [0.2, 0.25) is 0 Å². The third kappa shape index (κ3) is 5.21. The van der Waals surface area contributed by atoms with Gasteiger partial charge in [0.2, 0.25) is 17.5 Å². The smallest absolute Gasteiger partial charge is 0.253 e. The largest absolute Gasteiger partial charge is 0.497 e. The number of benzene rings is 2. The van der Waals surface area contributed by atoms with Crippen molar-refractivity contribution in [2.24, 2.45) is 0 Å². The van der Waals surface area contributed by atoms with Crippen LogP contribution in [-0.2, 0) is 0 Å². The third-order valence-corrected chi connectivity index (χ3v) is 5.53. The quantitative estimate of drug-likeness (QED) is 0.527. The van der Waals surface area contributed by atoms with Crippen LogP contribution in [0.4, 0.5) is 5.88 Å². The molecule has 0 unspecified atom stereocenters. The van der Waals surface area contributed by atoms with Gasteiger partial charge in [-0.25, -0.2) is 0 Å². The molecule has 0 aliphatic carbocycles. The number of piperazine rings is 1. The fraction of sp³-hybridized carbons (Fsp3) is 0.269. The van der Waals surface area contributed by atoms with Gasteiger partial charge in [-0.3, -0.25) is 4.79 Å². The summed E-state index contributed by atoms with van der Waals surface area (Å²) >= 11 is 0. The van der Waals surface area contributed by atoms with E-state index in [-0.39, 0.29) is 11.6 Å². The Morgan fingerprint density at radius 1 is 1.06 bits per heavy atom. The summed E-state index contributed by atoms with van der Waals surface area (Å²) < 4.78 is 16.5. The SMILES string of the molecule is CCOc1ccc(/C=C/c2nc(C#N)c(N3CCN(C(=O)c4ccc(OC)cc4)CC3)o2)cc1. The molecule has 1 amide bonds. The first-order valence-electron chi connectivity index (χ1n) is 11.1. The molecule has 8 nitrogen and oxygen atoms in total. The van der Waals surface area contributed by atoms with Gasteiger partial charge in [-0.15, -0.1) is 0 Å². The van der Waals surface area contributed by atoms with Gasteiger partial charge in [-0.2, -0.15) is 10.2 Å². The van der Waals surface area contributed by atoms with Crippen LogP contribution >= 0.6 is 0 Å². The highest BCUT2D eigenvalue weighted by Crippen LogP contribution is 2.25. The fourth-order valence-electron chi connectivity index (χ4n) is 3.72. The lowest BCUT2D eigenvalue weighted by Crippen LogP contribution is -2.48. The minimum Gasteiger partial charge on any atom is -0.497 e. The van der Waals surface area contributed by atoms with Gasteiger partial charge in [0.1, 0.15) is 17.6 Å². The van der Waals surface area contributed by atoms with Gasteiger partial charge in [0, 0.05) is 37.8 Å². The maximum absolute atomic E-state index is 12.8. The summed E-state index contributed by atoms with van der Waals surface area (Å²) in [6.45, 7) is 4.71. The van der Waals surface area contributed by atoms with Crippen molar-refractivity contribution >= 4 is 23.9 Å². The number of ether oxygens (including phenoxy) is 2. The number of carbonyl (C=O) groups is 1. The Kier molecular flexibility index (Phi) is 7.13. The zero-order valence-electron chi connectivity index (χ0n) is 19.2. The maximum atomic E-state index is 12.8.